The van der Waals surface area contributed by atoms with Crippen LogP contribution in [0.3, 0.4) is 0 Å². The van der Waals surface area contributed by atoms with E-state index in [4.69, 9.17) is 11.6 Å². The van der Waals surface area contributed by atoms with Gasteiger partial charge in [-0.3, -0.25) is 0 Å². The molecular weight excluding hydrogens is 304 g/mol. The number of halogens is 2. The zero-order valence-electron chi connectivity index (χ0n) is 9.79. The first-order chi connectivity index (χ1) is 8.15. The second-order valence-corrected chi connectivity index (χ2v) is 5.58. The maximum Gasteiger partial charge on any atom is 0.224 e. The smallest absolute Gasteiger partial charge is 0.224 e. The Morgan fingerprint density at radius 3 is 2.94 bits per heavy atom. The molecule has 1 saturated heterocycles. The van der Waals surface area contributed by atoms with E-state index >= 15 is 0 Å². The summed E-state index contributed by atoms with van der Waals surface area (Å²) in [6.45, 7) is 5.60. The fourth-order valence-corrected chi connectivity index (χ4v) is 2.52. The third-order valence-electron chi connectivity index (χ3n) is 2.83. The molecule has 0 spiro atoms. The van der Waals surface area contributed by atoms with Gasteiger partial charge in [0.2, 0.25) is 5.28 Å². The van der Waals surface area contributed by atoms with Crippen LogP contribution in [0, 0.1) is 0 Å². The summed E-state index contributed by atoms with van der Waals surface area (Å²) in [5.41, 5.74) is 0. The van der Waals surface area contributed by atoms with Crippen molar-refractivity contribution >= 4 is 33.3 Å². The fraction of sp³-hybridized carbons (Fsp3) is 0.636. The van der Waals surface area contributed by atoms with Crippen molar-refractivity contribution in [1.29, 1.82) is 0 Å². The Labute approximate surface area is 115 Å². The molecule has 1 fully saturated rings. The second-order valence-electron chi connectivity index (χ2n) is 4.39. The molecule has 0 aromatic carbocycles. The number of aromatic nitrogens is 2. The van der Waals surface area contributed by atoms with Crippen molar-refractivity contribution < 1.29 is 0 Å². The van der Waals surface area contributed by atoms with Crippen LogP contribution in [0.4, 0.5) is 5.82 Å². The highest BCUT2D eigenvalue weighted by Crippen LogP contribution is 2.21. The Morgan fingerprint density at radius 2 is 2.24 bits per heavy atom. The molecule has 0 bridgehead atoms. The maximum atomic E-state index is 5.78. The van der Waals surface area contributed by atoms with Crippen LogP contribution in [0.5, 0.6) is 0 Å². The van der Waals surface area contributed by atoms with E-state index < -0.39 is 0 Å². The van der Waals surface area contributed by atoms with Crippen molar-refractivity contribution in [3.63, 3.8) is 0 Å². The van der Waals surface area contributed by atoms with Gasteiger partial charge in [0, 0.05) is 18.8 Å². The van der Waals surface area contributed by atoms with Crippen LogP contribution in [0.1, 0.15) is 19.8 Å². The van der Waals surface area contributed by atoms with Crippen LogP contribution in [-0.2, 0) is 0 Å². The Kier molecular flexibility index (Phi) is 4.59. The molecule has 1 aliphatic heterocycles. The van der Waals surface area contributed by atoms with Gasteiger partial charge in [0.15, 0.2) is 0 Å². The molecule has 94 valence electrons. The Hall–Kier alpha value is -0.390. The van der Waals surface area contributed by atoms with Gasteiger partial charge in [-0.05, 0) is 60.4 Å². The molecule has 0 radical (unpaired) electrons. The van der Waals surface area contributed by atoms with Gasteiger partial charge >= 0.3 is 0 Å². The third kappa shape index (κ3) is 3.79. The summed E-state index contributed by atoms with van der Waals surface area (Å²) in [4.78, 5) is 10.5. The first-order valence-electron chi connectivity index (χ1n) is 5.82. The number of nitrogens with one attached hydrogen (secondary N) is 1. The van der Waals surface area contributed by atoms with Crippen molar-refractivity contribution in [3.8, 4) is 0 Å². The molecule has 1 aromatic heterocycles. The van der Waals surface area contributed by atoms with Crippen LogP contribution >= 0.6 is 27.5 Å². The summed E-state index contributed by atoms with van der Waals surface area (Å²) in [6.07, 6.45) is 4.30. The molecular formula is C11H16BrClN4. The lowest BCUT2D eigenvalue weighted by molar-refractivity contribution is 0.327. The van der Waals surface area contributed by atoms with Gasteiger partial charge in [0.25, 0.3) is 0 Å². The lowest BCUT2D eigenvalue weighted by atomic mass is 10.3. The van der Waals surface area contributed by atoms with E-state index in [0.29, 0.717) is 6.04 Å². The summed E-state index contributed by atoms with van der Waals surface area (Å²) < 4.78 is 0.843. The SMILES string of the molecule is CC(CN1CCCC1)Nc1nc(Cl)ncc1Br. The molecule has 1 unspecified atom stereocenters. The molecule has 1 atom stereocenters. The van der Waals surface area contributed by atoms with Gasteiger partial charge in [-0.1, -0.05) is 0 Å². The van der Waals surface area contributed by atoms with E-state index in [1.165, 1.54) is 25.9 Å². The van der Waals surface area contributed by atoms with E-state index in [-0.39, 0.29) is 5.28 Å². The first-order valence-corrected chi connectivity index (χ1v) is 6.99. The predicted molar refractivity (Wildman–Crippen MR) is 73.5 cm³/mol. The van der Waals surface area contributed by atoms with Crippen LogP contribution in [-0.4, -0.2) is 40.5 Å². The van der Waals surface area contributed by atoms with Crippen molar-refractivity contribution in [2.75, 3.05) is 25.0 Å². The number of hydrogen-bond acceptors (Lipinski definition) is 4. The normalized spacial score (nSPS) is 18.3. The lowest BCUT2D eigenvalue weighted by Gasteiger charge is -2.21. The topological polar surface area (TPSA) is 41.0 Å². The summed E-state index contributed by atoms with van der Waals surface area (Å²) in [5.74, 6) is 0.761. The van der Waals surface area contributed by atoms with Gasteiger partial charge in [-0.15, -0.1) is 0 Å². The van der Waals surface area contributed by atoms with E-state index in [1.807, 2.05) is 0 Å². The molecule has 4 nitrogen and oxygen atoms in total. The zero-order chi connectivity index (χ0) is 12.3. The quantitative estimate of drug-likeness (QED) is 0.867. The van der Waals surface area contributed by atoms with Gasteiger partial charge < -0.3 is 10.2 Å². The summed E-state index contributed by atoms with van der Waals surface area (Å²) >= 11 is 9.19. The summed E-state index contributed by atoms with van der Waals surface area (Å²) in [7, 11) is 0. The number of hydrogen-bond donors (Lipinski definition) is 1. The van der Waals surface area contributed by atoms with Crippen molar-refractivity contribution in [1.82, 2.24) is 14.9 Å². The largest absolute Gasteiger partial charge is 0.365 e. The average Bonchev–Trinajstić information content (AvgIpc) is 2.76. The summed E-state index contributed by atoms with van der Waals surface area (Å²) in [6, 6.07) is 0.343. The predicted octanol–water partition coefficient (Wildman–Crippen LogP) is 2.79. The number of anilines is 1. The van der Waals surface area contributed by atoms with Gasteiger partial charge in [-0.25, -0.2) is 4.98 Å². The van der Waals surface area contributed by atoms with Crippen molar-refractivity contribution in [2.45, 2.75) is 25.8 Å². The average molecular weight is 320 g/mol. The molecule has 2 heterocycles. The highest BCUT2D eigenvalue weighted by molar-refractivity contribution is 9.10. The van der Waals surface area contributed by atoms with E-state index in [0.717, 1.165) is 16.8 Å². The van der Waals surface area contributed by atoms with Gasteiger partial charge in [0.05, 0.1) is 4.47 Å². The van der Waals surface area contributed by atoms with Crippen LogP contribution < -0.4 is 5.32 Å². The van der Waals surface area contributed by atoms with Crippen molar-refractivity contribution in [2.24, 2.45) is 0 Å². The minimum Gasteiger partial charge on any atom is -0.365 e. The third-order valence-corrected chi connectivity index (χ3v) is 3.59. The van der Waals surface area contributed by atoms with Crippen LogP contribution in [0.15, 0.2) is 10.7 Å². The Balaban J connectivity index is 1.92. The molecule has 1 aliphatic rings. The molecule has 1 aromatic rings. The van der Waals surface area contributed by atoms with Gasteiger partial charge in [-0.2, -0.15) is 4.98 Å². The highest BCUT2D eigenvalue weighted by atomic mass is 79.9. The molecule has 0 amide bonds. The highest BCUT2D eigenvalue weighted by Gasteiger charge is 2.15. The minimum absolute atomic E-state index is 0.268. The van der Waals surface area contributed by atoms with E-state index in [2.05, 4.69) is 43.0 Å². The molecule has 6 heteroatoms. The minimum atomic E-state index is 0.268. The number of likely N-dealkylation sites (tertiary alicyclic amines) is 1. The van der Waals surface area contributed by atoms with Crippen LogP contribution in [0.25, 0.3) is 0 Å². The van der Waals surface area contributed by atoms with Crippen LogP contribution in [0.2, 0.25) is 5.28 Å². The summed E-state index contributed by atoms with van der Waals surface area (Å²) in [5, 5.41) is 3.62. The number of nitrogens with zero attached hydrogens (tertiary/aromatic N) is 3. The molecule has 0 aliphatic carbocycles. The second kappa shape index (κ2) is 5.98. The molecule has 1 N–H and O–H groups in total. The molecule has 0 saturated carbocycles. The molecule has 17 heavy (non-hydrogen) atoms. The van der Waals surface area contributed by atoms with Gasteiger partial charge in [0.1, 0.15) is 5.82 Å². The standard InChI is InChI=1S/C11H16BrClN4/c1-8(7-17-4-2-3-5-17)15-10-9(12)6-14-11(13)16-10/h6,8H,2-5,7H2,1H3,(H,14,15,16). The lowest BCUT2D eigenvalue weighted by Crippen LogP contribution is -2.33. The van der Waals surface area contributed by atoms with E-state index in [9.17, 15) is 0 Å². The van der Waals surface area contributed by atoms with E-state index in [1.54, 1.807) is 6.20 Å². The number of rotatable bonds is 4. The fourth-order valence-electron chi connectivity index (χ4n) is 2.08. The first kappa shape index (κ1) is 13.1. The van der Waals surface area contributed by atoms with Crippen molar-refractivity contribution in [3.05, 3.63) is 16.0 Å². The monoisotopic (exact) mass is 318 g/mol. The Morgan fingerprint density at radius 1 is 1.53 bits per heavy atom. The maximum absolute atomic E-state index is 5.78. The Bertz CT molecular complexity index is 382. The zero-order valence-corrected chi connectivity index (χ0v) is 12.1. The molecule has 2 rings (SSSR count).